The molecule has 3 heterocycles. The van der Waals surface area contributed by atoms with Crippen LogP contribution in [0.15, 0.2) is 12.1 Å². The van der Waals surface area contributed by atoms with Gasteiger partial charge in [-0.15, -0.1) is 0 Å². The van der Waals surface area contributed by atoms with Gasteiger partial charge in [0.05, 0.1) is 0 Å². The topological polar surface area (TPSA) is 48.5 Å². The largest absolute Gasteiger partial charge is 0.373 e. The lowest BCUT2D eigenvalue weighted by Crippen LogP contribution is -2.37. The minimum Gasteiger partial charge on any atom is -0.373 e. The van der Waals surface area contributed by atoms with Crippen molar-refractivity contribution in [1.82, 2.24) is 14.8 Å². The second-order valence-corrected chi connectivity index (χ2v) is 6.14. The van der Waals surface area contributed by atoms with Gasteiger partial charge >= 0.3 is 0 Å². The van der Waals surface area contributed by atoms with E-state index < -0.39 is 0 Å². The average molecular weight is 309 g/mol. The van der Waals surface area contributed by atoms with Crippen molar-refractivity contribution in [3.8, 4) is 0 Å². The molecule has 1 N–H and O–H groups in total. The third kappa shape index (κ3) is 3.14. The van der Waals surface area contributed by atoms with Crippen molar-refractivity contribution in [2.45, 2.75) is 25.3 Å². The molecule has 1 amide bonds. The van der Waals surface area contributed by atoms with Crippen LogP contribution in [0.4, 0.5) is 5.82 Å². The van der Waals surface area contributed by atoms with Crippen molar-refractivity contribution < 1.29 is 4.79 Å². The van der Waals surface area contributed by atoms with Crippen molar-refractivity contribution in [2.24, 2.45) is 0 Å². The molecule has 0 radical (unpaired) electrons. The predicted octanol–water partition coefficient (Wildman–Crippen LogP) is 2.09. The van der Waals surface area contributed by atoms with Crippen molar-refractivity contribution in [3.63, 3.8) is 0 Å². The number of nitrogens with zero attached hydrogens (tertiary/aromatic N) is 3. The van der Waals surface area contributed by atoms with Crippen LogP contribution in [0.1, 0.15) is 29.6 Å². The summed E-state index contributed by atoms with van der Waals surface area (Å²) in [6, 6.07) is 3.93. The van der Waals surface area contributed by atoms with Crippen LogP contribution in [-0.2, 0) is 0 Å². The van der Waals surface area contributed by atoms with Crippen molar-refractivity contribution in [3.05, 3.63) is 22.8 Å². The van der Waals surface area contributed by atoms with Gasteiger partial charge in [-0.3, -0.25) is 9.69 Å². The van der Waals surface area contributed by atoms with Crippen molar-refractivity contribution in [1.29, 1.82) is 0 Å². The molecule has 0 bridgehead atoms. The fraction of sp³-hybridized carbons (Fsp3) is 0.600. The monoisotopic (exact) mass is 308 g/mol. The number of hydrogen-bond acceptors (Lipinski definition) is 4. The highest BCUT2D eigenvalue weighted by atomic mass is 35.5. The van der Waals surface area contributed by atoms with Crippen LogP contribution in [-0.4, -0.2) is 60.0 Å². The summed E-state index contributed by atoms with van der Waals surface area (Å²) in [5.41, 5.74) is 0.612. The Bertz CT molecular complexity index is 530. The van der Waals surface area contributed by atoms with Gasteiger partial charge in [-0.05, 0) is 44.5 Å². The van der Waals surface area contributed by atoms with E-state index in [4.69, 9.17) is 11.6 Å². The van der Waals surface area contributed by atoms with E-state index >= 15 is 0 Å². The number of amides is 1. The molecular weight excluding hydrogens is 288 g/mol. The van der Waals surface area contributed by atoms with Crippen molar-refractivity contribution >= 4 is 23.3 Å². The maximum atomic E-state index is 12.6. The van der Waals surface area contributed by atoms with Crippen LogP contribution in [0.25, 0.3) is 0 Å². The quantitative estimate of drug-likeness (QED) is 0.869. The Kier molecular flexibility index (Phi) is 4.31. The molecule has 3 rings (SSSR count). The summed E-state index contributed by atoms with van der Waals surface area (Å²) in [6.07, 6.45) is 3.65. The summed E-state index contributed by atoms with van der Waals surface area (Å²) in [4.78, 5) is 21.2. The van der Waals surface area contributed by atoms with Gasteiger partial charge in [0.25, 0.3) is 5.91 Å². The number of rotatable bonds is 3. The minimum atomic E-state index is 0.0532. The second kappa shape index (κ2) is 6.20. The molecule has 2 aliphatic heterocycles. The fourth-order valence-electron chi connectivity index (χ4n) is 3.26. The molecule has 21 heavy (non-hydrogen) atoms. The third-order valence-corrected chi connectivity index (χ3v) is 4.60. The van der Waals surface area contributed by atoms with Gasteiger partial charge in [0.2, 0.25) is 0 Å². The summed E-state index contributed by atoms with van der Waals surface area (Å²) >= 11 is 5.98. The number of pyridine rings is 1. The number of nitrogens with one attached hydrogen (secondary N) is 1. The smallest absolute Gasteiger partial charge is 0.254 e. The highest BCUT2D eigenvalue weighted by Gasteiger charge is 2.32. The van der Waals surface area contributed by atoms with E-state index in [2.05, 4.69) is 15.2 Å². The van der Waals surface area contributed by atoms with Gasteiger partial charge in [0, 0.05) is 31.7 Å². The Labute approximate surface area is 130 Å². The first-order valence-electron chi connectivity index (χ1n) is 7.56. The van der Waals surface area contributed by atoms with Gasteiger partial charge in [0.15, 0.2) is 0 Å². The molecule has 114 valence electrons. The summed E-state index contributed by atoms with van der Waals surface area (Å²) in [5.74, 6) is 0.679. The SMILES string of the molecule is CNc1cc(C(=O)N2CCC(N3CCCC3)C2)cc(Cl)n1. The first kappa shape index (κ1) is 14.6. The molecule has 0 aliphatic carbocycles. The van der Waals surface area contributed by atoms with E-state index in [-0.39, 0.29) is 5.91 Å². The highest BCUT2D eigenvalue weighted by Crippen LogP contribution is 2.23. The molecule has 2 saturated heterocycles. The molecule has 0 aromatic carbocycles. The number of likely N-dealkylation sites (tertiary alicyclic amines) is 2. The molecule has 2 fully saturated rings. The molecule has 0 spiro atoms. The molecule has 1 atom stereocenters. The Morgan fingerprint density at radius 1 is 1.33 bits per heavy atom. The van der Waals surface area contributed by atoms with E-state index in [0.29, 0.717) is 22.6 Å². The van der Waals surface area contributed by atoms with Crippen LogP contribution in [0.2, 0.25) is 5.15 Å². The Balaban J connectivity index is 1.69. The average Bonchev–Trinajstić information content (AvgIpc) is 3.16. The first-order chi connectivity index (χ1) is 10.2. The summed E-state index contributed by atoms with van der Waals surface area (Å²) in [6.45, 7) is 4.01. The minimum absolute atomic E-state index is 0.0532. The van der Waals surface area contributed by atoms with E-state index in [0.717, 1.165) is 19.5 Å². The third-order valence-electron chi connectivity index (χ3n) is 4.40. The Morgan fingerprint density at radius 3 is 2.81 bits per heavy atom. The standard InChI is InChI=1S/C15H21ClN4O/c1-17-14-9-11(8-13(16)18-14)15(21)20-7-4-12(10-20)19-5-2-3-6-19/h8-9,12H,2-7,10H2,1H3,(H,17,18). The lowest BCUT2D eigenvalue weighted by Gasteiger charge is -2.23. The first-order valence-corrected chi connectivity index (χ1v) is 7.94. The van der Waals surface area contributed by atoms with Crippen LogP contribution in [0, 0.1) is 0 Å². The zero-order chi connectivity index (χ0) is 14.8. The molecule has 2 aliphatic rings. The van der Waals surface area contributed by atoms with Crippen LogP contribution in [0.3, 0.4) is 0 Å². The zero-order valence-corrected chi connectivity index (χ0v) is 13.1. The van der Waals surface area contributed by atoms with Gasteiger partial charge in [-0.25, -0.2) is 4.98 Å². The Morgan fingerprint density at radius 2 is 2.10 bits per heavy atom. The van der Waals surface area contributed by atoms with Gasteiger partial charge in [0.1, 0.15) is 11.0 Å². The molecule has 0 saturated carbocycles. The molecule has 1 aromatic rings. The zero-order valence-electron chi connectivity index (χ0n) is 12.3. The van der Waals surface area contributed by atoms with Crippen molar-refractivity contribution in [2.75, 3.05) is 38.5 Å². The lowest BCUT2D eigenvalue weighted by molar-refractivity contribution is 0.0780. The van der Waals surface area contributed by atoms with E-state index in [1.165, 1.54) is 25.9 Å². The van der Waals surface area contributed by atoms with Crippen LogP contribution >= 0.6 is 11.6 Å². The maximum Gasteiger partial charge on any atom is 0.254 e. The number of anilines is 1. The number of halogens is 1. The number of carbonyl (C=O) groups excluding carboxylic acids is 1. The fourth-order valence-corrected chi connectivity index (χ4v) is 3.47. The van der Waals surface area contributed by atoms with Gasteiger partial charge in [-0.2, -0.15) is 0 Å². The van der Waals surface area contributed by atoms with Gasteiger partial charge < -0.3 is 10.2 Å². The molecule has 5 nitrogen and oxygen atoms in total. The molecule has 1 aromatic heterocycles. The summed E-state index contributed by atoms with van der Waals surface area (Å²) < 4.78 is 0. The number of carbonyl (C=O) groups is 1. The van der Waals surface area contributed by atoms with Gasteiger partial charge in [-0.1, -0.05) is 11.6 Å². The second-order valence-electron chi connectivity index (χ2n) is 5.75. The Hall–Kier alpha value is -1.33. The number of hydrogen-bond donors (Lipinski definition) is 1. The normalized spacial score (nSPS) is 22.8. The van der Waals surface area contributed by atoms with Crippen LogP contribution < -0.4 is 5.32 Å². The number of aromatic nitrogens is 1. The summed E-state index contributed by atoms with van der Waals surface area (Å²) in [7, 11) is 1.77. The lowest BCUT2D eigenvalue weighted by atomic mass is 10.2. The maximum absolute atomic E-state index is 12.6. The molecule has 6 heteroatoms. The summed E-state index contributed by atoms with van der Waals surface area (Å²) in [5, 5.41) is 3.28. The predicted molar refractivity (Wildman–Crippen MR) is 83.9 cm³/mol. The highest BCUT2D eigenvalue weighted by molar-refractivity contribution is 6.29. The van der Waals surface area contributed by atoms with Crippen LogP contribution in [0.5, 0.6) is 0 Å². The molecular formula is C15H21ClN4O. The van der Waals surface area contributed by atoms with E-state index in [1.807, 2.05) is 4.90 Å². The van der Waals surface area contributed by atoms with E-state index in [9.17, 15) is 4.79 Å². The molecule has 1 unspecified atom stereocenters. The van der Waals surface area contributed by atoms with E-state index in [1.54, 1.807) is 19.2 Å².